The van der Waals surface area contributed by atoms with E-state index in [1.54, 1.807) is 12.1 Å². The molecule has 3 aromatic rings. The van der Waals surface area contributed by atoms with Crippen molar-refractivity contribution in [3.8, 4) is 11.8 Å². The molecule has 0 saturated heterocycles. The molecule has 2 N–H and O–H groups in total. The highest BCUT2D eigenvalue weighted by molar-refractivity contribution is 7.92. The summed E-state index contributed by atoms with van der Waals surface area (Å²) in [5, 5.41) is 16.1. The van der Waals surface area contributed by atoms with Crippen LogP contribution >= 0.6 is 0 Å². The van der Waals surface area contributed by atoms with Crippen LogP contribution in [0.2, 0.25) is 0 Å². The van der Waals surface area contributed by atoms with Crippen LogP contribution in [-0.2, 0) is 22.7 Å². The maximum atomic E-state index is 12.2. The lowest BCUT2D eigenvalue weighted by Crippen LogP contribution is -2.17. The lowest BCUT2D eigenvalue weighted by Gasteiger charge is -2.27. The van der Waals surface area contributed by atoms with Crippen LogP contribution in [0.5, 0.6) is 5.75 Å². The van der Waals surface area contributed by atoms with Gasteiger partial charge in [-0.25, -0.2) is 14.2 Å². The molecule has 3 heterocycles. The molecule has 198 valence electrons. The van der Waals surface area contributed by atoms with Crippen LogP contribution < -0.4 is 15.4 Å². The van der Waals surface area contributed by atoms with Crippen molar-refractivity contribution in [3.05, 3.63) is 52.7 Å². The fraction of sp³-hybridized carbons (Fsp3) is 0.407. The first-order valence-electron chi connectivity index (χ1n) is 12.6. The minimum Gasteiger partial charge on any atom is -0.493 e. The second kappa shape index (κ2) is 10.6. The highest BCUT2D eigenvalue weighted by Gasteiger charge is 2.27. The van der Waals surface area contributed by atoms with Crippen LogP contribution in [0.1, 0.15) is 47.4 Å². The number of hydrogen-bond donors (Lipinski definition) is 2. The third-order valence-electron chi connectivity index (χ3n) is 6.84. The molecule has 38 heavy (non-hydrogen) atoms. The zero-order valence-electron chi connectivity index (χ0n) is 22.1. The average molecular weight is 533 g/mol. The molecular formula is C27H32N8O2S. The summed E-state index contributed by atoms with van der Waals surface area (Å²) in [5.41, 5.74) is 5.51. The van der Waals surface area contributed by atoms with Crippen LogP contribution in [0, 0.1) is 11.3 Å². The normalized spacial score (nSPS) is 17.1. The van der Waals surface area contributed by atoms with Gasteiger partial charge in [0.1, 0.15) is 17.5 Å². The zero-order valence-corrected chi connectivity index (χ0v) is 22.9. The van der Waals surface area contributed by atoms with E-state index in [2.05, 4.69) is 60.1 Å². The van der Waals surface area contributed by atoms with Gasteiger partial charge in [-0.3, -0.25) is 0 Å². The summed E-state index contributed by atoms with van der Waals surface area (Å²) >= 11 is 0. The molecule has 0 amide bonds. The summed E-state index contributed by atoms with van der Waals surface area (Å²) in [6.45, 7) is 2.03. The highest BCUT2D eigenvalue weighted by atomic mass is 32.2. The number of rotatable bonds is 6. The van der Waals surface area contributed by atoms with Gasteiger partial charge in [-0.1, -0.05) is 0 Å². The predicted molar refractivity (Wildman–Crippen MR) is 149 cm³/mol. The molecule has 2 aliphatic rings. The fourth-order valence-electron chi connectivity index (χ4n) is 5.24. The van der Waals surface area contributed by atoms with E-state index in [1.165, 1.54) is 61.8 Å². The molecule has 1 unspecified atom stereocenters. The van der Waals surface area contributed by atoms with Crippen molar-refractivity contribution < 1.29 is 8.95 Å². The average Bonchev–Trinajstić information content (AvgIpc) is 3.03. The Kier molecular flexibility index (Phi) is 7.19. The Hall–Kier alpha value is -3.75. The molecule has 1 aliphatic heterocycles. The van der Waals surface area contributed by atoms with Crippen LogP contribution in [-0.4, -0.2) is 57.3 Å². The van der Waals surface area contributed by atoms with E-state index >= 15 is 0 Å². The largest absolute Gasteiger partial charge is 0.493 e. The van der Waals surface area contributed by atoms with Gasteiger partial charge in [-0.05, 0) is 86.1 Å². The lowest BCUT2D eigenvalue weighted by atomic mass is 9.79. The summed E-state index contributed by atoms with van der Waals surface area (Å²) in [6.07, 6.45) is 9.29. The van der Waals surface area contributed by atoms with Crippen molar-refractivity contribution in [2.45, 2.75) is 38.1 Å². The fourth-order valence-corrected chi connectivity index (χ4v) is 5.79. The van der Waals surface area contributed by atoms with Crippen LogP contribution in [0.3, 0.4) is 0 Å². The van der Waals surface area contributed by atoms with Crippen molar-refractivity contribution in [2.24, 2.45) is 4.36 Å². The second-order valence-electron chi connectivity index (χ2n) is 10.1. The standard InChI is InChI=1S/C27H32N8O2S/c1-35-11-10-17-6-5-7-18-12-21(13-19(16-35)24(17)18)30-27-29-15-20(14-28)25(33-27)31-23-9-8-22(37-2)26(32-23)34-38(3,4)36/h8-9,12-13,15,17H,5-7,10-11,16H2,1-4H3,(H2,29,30,31,32,33). The molecule has 5 rings (SSSR count). The van der Waals surface area contributed by atoms with Crippen molar-refractivity contribution >= 4 is 38.8 Å². The minimum atomic E-state index is -2.46. The molecule has 1 aliphatic carbocycles. The number of hydrogen-bond acceptors (Lipinski definition) is 10. The summed E-state index contributed by atoms with van der Waals surface area (Å²) < 4.78 is 21.8. The molecule has 0 fully saturated rings. The number of aromatic nitrogens is 3. The zero-order chi connectivity index (χ0) is 26.9. The molecule has 0 radical (unpaired) electrons. The van der Waals surface area contributed by atoms with E-state index in [9.17, 15) is 9.47 Å². The Labute approximate surface area is 223 Å². The van der Waals surface area contributed by atoms with Crippen LogP contribution in [0.25, 0.3) is 0 Å². The number of pyridine rings is 1. The van der Waals surface area contributed by atoms with Crippen LogP contribution in [0.15, 0.2) is 34.8 Å². The van der Waals surface area contributed by atoms with Crippen molar-refractivity contribution in [2.75, 3.05) is 43.8 Å². The quantitative estimate of drug-likeness (QED) is 0.457. The Morgan fingerprint density at radius 2 is 2.00 bits per heavy atom. The number of benzene rings is 1. The highest BCUT2D eigenvalue weighted by Crippen LogP contribution is 2.40. The van der Waals surface area contributed by atoms with E-state index in [0.717, 1.165) is 25.2 Å². The Balaban J connectivity index is 1.46. The van der Waals surface area contributed by atoms with Gasteiger partial charge in [0.2, 0.25) is 11.8 Å². The summed E-state index contributed by atoms with van der Waals surface area (Å²) in [7, 11) is 1.22. The van der Waals surface area contributed by atoms with Gasteiger partial charge in [0, 0.05) is 34.5 Å². The molecule has 0 spiro atoms. The Bertz CT molecular complexity index is 1530. The summed E-state index contributed by atoms with van der Waals surface area (Å²) in [5.74, 6) is 2.31. The minimum absolute atomic E-state index is 0.209. The first-order chi connectivity index (χ1) is 18.2. The van der Waals surface area contributed by atoms with E-state index in [-0.39, 0.29) is 11.4 Å². The van der Waals surface area contributed by atoms with Crippen molar-refractivity contribution in [1.29, 1.82) is 5.26 Å². The number of nitrogens with one attached hydrogen (secondary N) is 2. The Morgan fingerprint density at radius 1 is 1.18 bits per heavy atom. The number of anilines is 4. The number of ether oxygens (including phenoxy) is 1. The number of nitriles is 1. The smallest absolute Gasteiger partial charge is 0.229 e. The van der Waals surface area contributed by atoms with Gasteiger partial charge in [0.15, 0.2) is 11.6 Å². The van der Waals surface area contributed by atoms with Crippen molar-refractivity contribution in [3.63, 3.8) is 0 Å². The molecule has 0 bridgehead atoms. The van der Waals surface area contributed by atoms with Gasteiger partial charge in [0.25, 0.3) is 0 Å². The van der Waals surface area contributed by atoms with Gasteiger partial charge in [-0.2, -0.15) is 14.6 Å². The van der Waals surface area contributed by atoms with Gasteiger partial charge < -0.3 is 20.3 Å². The van der Waals surface area contributed by atoms with Crippen molar-refractivity contribution in [1.82, 2.24) is 19.9 Å². The molecule has 1 atom stereocenters. The molecule has 1 aromatic carbocycles. The first-order valence-corrected chi connectivity index (χ1v) is 14.9. The predicted octanol–water partition coefficient (Wildman–Crippen LogP) is 4.85. The molecule has 11 heteroatoms. The lowest BCUT2D eigenvalue weighted by molar-refractivity contribution is 0.321. The van der Waals surface area contributed by atoms with Gasteiger partial charge in [0.05, 0.1) is 13.3 Å². The maximum absolute atomic E-state index is 12.2. The summed E-state index contributed by atoms with van der Waals surface area (Å²) in [6, 6.07) is 9.91. The third kappa shape index (κ3) is 5.71. The number of nitrogens with zero attached hydrogens (tertiary/aromatic N) is 6. The molecular weight excluding hydrogens is 500 g/mol. The third-order valence-corrected chi connectivity index (χ3v) is 7.45. The summed E-state index contributed by atoms with van der Waals surface area (Å²) in [4.78, 5) is 15.8. The van der Waals surface area contributed by atoms with E-state index in [4.69, 9.17) is 4.74 Å². The topological polar surface area (TPSA) is 128 Å². The first kappa shape index (κ1) is 25.9. The number of aryl methyl sites for hydroxylation is 1. The SMILES string of the molecule is COc1ccc(Nc2nc(Nc3cc4c5c(c3)CN(C)CCC5CCC4)ncc2C#N)nc1N=S(C)(C)=O. The molecule has 10 nitrogen and oxygen atoms in total. The molecule has 0 saturated carbocycles. The van der Waals surface area contributed by atoms with E-state index < -0.39 is 9.73 Å². The Morgan fingerprint density at radius 3 is 2.76 bits per heavy atom. The monoisotopic (exact) mass is 532 g/mol. The number of methoxy groups -OCH3 is 1. The van der Waals surface area contributed by atoms with E-state index in [0.29, 0.717) is 29.3 Å². The van der Waals surface area contributed by atoms with Gasteiger partial charge in [-0.15, -0.1) is 0 Å². The van der Waals surface area contributed by atoms with Crippen LogP contribution in [0.4, 0.5) is 29.1 Å². The second-order valence-corrected chi connectivity index (χ2v) is 12.7. The molecule has 2 aromatic heterocycles. The van der Waals surface area contributed by atoms with E-state index in [1.807, 2.05) is 0 Å². The maximum Gasteiger partial charge on any atom is 0.229 e. The van der Waals surface area contributed by atoms with Gasteiger partial charge >= 0.3 is 0 Å².